The van der Waals surface area contributed by atoms with Gasteiger partial charge in [-0.15, -0.1) is 0 Å². The Kier molecular flexibility index (Phi) is 3.90. The average molecular weight is 195 g/mol. The van der Waals surface area contributed by atoms with E-state index in [2.05, 4.69) is 11.0 Å². The highest BCUT2D eigenvalue weighted by Crippen LogP contribution is 2.05. The van der Waals surface area contributed by atoms with Crippen LogP contribution in [0.2, 0.25) is 0 Å². The molecule has 0 aromatic carbocycles. The molecule has 4 heteroatoms. The van der Waals surface area contributed by atoms with Crippen LogP contribution in [0.5, 0.6) is 0 Å². The lowest BCUT2D eigenvalue weighted by Gasteiger charge is -2.19. The van der Waals surface area contributed by atoms with Crippen LogP contribution in [0.4, 0.5) is 0 Å². The van der Waals surface area contributed by atoms with Gasteiger partial charge in [-0.25, -0.2) is 0 Å². The van der Waals surface area contributed by atoms with Gasteiger partial charge < -0.3 is 4.90 Å². The lowest BCUT2D eigenvalue weighted by atomic mass is 10.2. The third kappa shape index (κ3) is 3.00. The Labute approximate surface area is 85.1 Å². The van der Waals surface area contributed by atoms with Gasteiger partial charge in [0.25, 0.3) is 0 Å². The Morgan fingerprint density at radius 2 is 2.29 bits per heavy atom. The quantitative estimate of drug-likeness (QED) is 0.637. The molecule has 1 rings (SSSR count). The largest absolute Gasteiger partial charge is 0.345 e. The molecule has 78 valence electrons. The maximum Gasteiger partial charge on any atom is 0.236 e. The molecule has 0 aromatic heterocycles. The van der Waals surface area contributed by atoms with Crippen LogP contribution in [0.1, 0.15) is 13.3 Å². The summed E-state index contributed by atoms with van der Waals surface area (Å²) in [5, 5.41) is 8.68. The van der Waals surface area contributed by atoms with Gasteiger partial charge in [-0.05, 0) is 13.3 Å². The number of amides is 1. The van der Waals surface area contributed by atoms with Crippen molar-refractivity contribution in [3.63, 3.8) is 0 Å². The van der Waals surface area contributed by atoms with Crippen molar-refractivity contribution in [2.24, 2.45) is 5.92 Å². The van der Waals surface area contributed by atoms with Crippen molar-refractivity contribution in [3.05, 3.63) is 0 Å². The first-order valence-corrected chi connectivity index (χ1v) is 4.99. The van der Waals surface area contributed by atoms with Crippen LogP contribution in [0.25, 0.3) is 0 Å². The molecule has 1 saturated heterocycles. The van der Waals surface area contributed by atoms with Gasteiger partial charge in [0.2, 0.25) is 5.91 Å². The number of nitriles is 1. The van der Waals surface area contributed by atoms with Crippen LogP contribution in [-0.4, -0.2) is 48.9 Å². The van der Waals surface area contributed by atoms with Gasteiger partial charge >= 0.3 is 0 Å². The van der Waals surface area contributed by atoms with E-state index in [0.717, 1.165) is 19.5 Å². The van der Waals surface area contributed by atoms with Crippen molar-refractivity contribution < 1.29 is 4.79 Å². The molecule has 0 aliphatic carbocycles. The number of likely N-dealkylation sites (N-methyl/N-ethyl adjacent to an activating group) is 1. The second-order valence-electron chi connectivity index (χ2n) is 3.93. The molecule has 14 heavy (non-hydrogen) atoms. The van der Waals surface area contributed by atoms with E-state index in [4.69, 9.17) is 5.26 Å². The normalized spacial score (nSPS) is 21.5. The van der Waals surface area contributed by atoms with Gasteiger partial charge in [0.1, 0.15) is 0 Å². The zero-order chi connectivity index (χ0) is 10.6. The second kappa shape index (κ2) is 4.97. The fraction of sp³-hybridized carbons (Fsp3) is 0.800. The number of hydrogen-bond donors (Lipinski definition) is 0. The Bertz CT molecular complexity index is 246. The van der Waals surface area contributed by atoms with Crippen molar-refractivity contribution in [1.29, 1.82) is 5.26 Å². The van der Waals surface area contributed by atoms with Crippen molar-refractivity contribution in [2.45, 2.75) is 13.3 Å². The third-order valence-corrected chi connectivity index (χ3v) is 2.50. The molecule has 1 heterocycles. The number of nitrogens with zero attached hydrogens (tertiary/aromatic N) is 3. The van der Waals surface area contributed by atoms with Crippen molar-refractivity contribution in [1.82, 2.24) is 9.80 Å². The van der Waals surface area contributed by atoms with Crippen LogP contribution in [-0.2, 0) is 4.79 Å². The average Bonchev–Trinajstić information content (AvgIpc) is 2.30. The molecule has 0 aromatic rings. The fourth-order valence-corrected chi connectivity index (χ4v) is 1.63. The molecule has 1 aliphatic rings. The van der Waals surface area contributed by atoms with Gasteiger partial charge in [-0.3, -0.25) is 9.69 Å². The van der Waals surface area contributed by atoms with Crippen LogP contribution < -0.4 is 0 Å². The van der Waals surface area contributed by atoms with Crippen molar-refractivity contribution in [3.8, 4) is 6.07 Å². The van der Waals surface area contributed by atoms with Crippen LogP contribution in [0.15, 0.2) is 0 Å². The molecule has 0 saturated carbocycles. The van der Waals surface area contributed by atoms with Gasteiger partial charge in [0, 0.05) is 26.7 Å². The first-order valence-electron chi connectivity index (χ1n) is 4.99. The first-order chi connectivity index (χ1) is 6.63. The second-order valence-corrected chi connectivity index (χ2v) is 3.93. The molecule has 0 bridgehead atoms. The minimum Gasteiger partial charge on any atom is -0.345 e. The Morgan fingerprint density at radius 1 is 1.57 bits per heavy atom. The van der Waals surface area contributed by atoms with Crippen LogP contribution in [0.3, 0.4) is 0 Å². The summed E-state index contributed by atoms with van der Waals surface area (Å²) < 4.78 is 0. The van der Waals surface area contributed by atoms with Gasteiger partial charge in [-0.1, -0.05) is 0 Å². The summed E-state index contributed by atoms with van der Waals surface area (Å²) in [6.45, 7) is 4.80. The molecule has 0 spiro atoms. The first kappa shape index (κ1) is 11.0. The summed E-state index contributed by atoms with van der Waals surface area (Å²) in [6.07, 6.45) is 1.00. The summed E-state index contributed by atoms with van der Waals surface area (Å²) >= 11 is 0. The van der Waals surface area contributed by atoms with E-state index >= 15 is 0 Å². The number of carbonyl (C=O) groups excluding carboxylic acids is 1. The molecule has 1 atom stereocenters. The number of rotatable bonds is 2. The molecular formula is C10H17N3O. The van der Waals surface area contributed by atoms with Gasteiger partial charge in [0.05, 0.1) is 18.5 Å². The van der Waals surface area contributed by atoms with E-state index in [1.165, 1.54) is 0 Å². The number of carbonyl (C=O) groups is 1. The SMILES string of the molecule is CC(C#N)CN1CCCN(C)C(=O)C1. The molecule has 1 fully saturated rings. The van der Waals surface area contributed by atoms with E-state index in [1.807, 2.05) is 14.0 Å². The zero-order valence-corrected chi connectivity index (χ0v) is 8.86. The van der Waals surface area contributed by atoms with Gasteiger partial charge in [-0.2, -0.15) is 5.26 Å². The summed E-state index contributed by atoms with van der Waals surface area (Å²) in [5.74, 6) is 0.166. The predicted molar refractivity (Wildman–Crippen MR) is 53.5 cm³/mol. The molecule has 0 radical (unpaired) electrons. The highest BCUT2D eigenvalue weighted by atomic mass is 16.2. The maximum atomic E-state index is 11.5. The lowest BCUT2D eigenvalue weighted by molar-refractivity contribution is -0.129. The smallest absolute Gasteiger partial charge is 0.236 e. The Morgan fingerprint density at radius 3 is 2.93 bits per heavy atom. The molecule has 1 aliphatic heterocycles. The lowest BCUT2D eigenvalue weighted by Crippen LogP contribution is -2.36. The summed E-state index contributed by atoms with van der Waals surface area (Å²) in [5.41, 5.74) is 0. The molecule has 4 nitrogen and oxygen atoms in total. The topological polar surface area (TPSA) is 47.3 Å². The summed E-state index contributed by atoms with van der Waals surface area (Å²) in [7, 11) is 1.83. The van der Waals surface area contributed by atoms with Gasteiger partial charge in [0.15, 0.2) is 0 Å². The van der Waals surface area contributed by atoms with E-state index in [9.17, 15) is 4.79 Å². The third-order valence-electron chi connectivity index (χ3n) is 2.50. The minimum absolute atomic E-state index is 0.00575. The van der Waals surface area contributed by atoms with E-state index in [0.29, 0.717) is 13.1 Å². The minimum atomic E-state index is 0.00575. The molecule has 1 unspecified atom stereocenters. The van der Waals surface area contributed by atoms with Crippen molar-refractivity contribution >= 4 is 5.91 Å². The summed E-state index contributed by atoms with van der Waals surface area (Å²) in [6, 6.07) is 2.19. The Hall–Kier alpha value is -1.08. The highest BCUT2D eigenvalue weighted by Gasteiger charge is 2.19. The van der Waals surface area contributed by atoms with E-state index in [-0.39, 0.29) is 11.8 Å². The molecule has 1 amide bonds. The van der Waals surface area contributed by atoms with E-state index < -0.39 is 0 Å². The zero-order valence-electron chi connectivity index (χ0n) is 8.86. The van der Waals surface area contributed by atoms with Crippen molar-refractivity contribution in [2.75, 3.05) is 33.2 Å². The standard InChI is InChI=1S/C10H17N3O/c1-9(6-11)7-13-5-3-4-12(2)10(14)8-13/h9H,3-5,7-8H2,1-2H3. The maximum absolute atomic E-state index is 11.5. The Balaban J connectivity index is 2.47. The number of hydrogen-bond acceptors (Lipinski definition) is 3. The summed E-state index contributed by atoms with van der Waals surface area (Å²) in [4.78, 5) is 15.3. The van der Waals surface area contributed by atoms with E-state index in [1.54, 1.807) is 4.90 Å². The van der Waals surface area contributed by atoms with Crippen LogP contribution in [0, 0.1) is 17.2 Å². The molecule has 0 N–H and O–H groups in total. The fourth-order valence-electron chi connectivity index (χ4n) is 1.63. The monoisotopic (exact) mass is 195 g/mol. The molecular weight excluding hydrogens is 178 g/mol. The predicted octanol–water partition coefficient (Wildman–Crippen LogP) is 0.310. The van der Waals surface area contributed by atoms with Crippen LogP contribution >= 0.6 is 0 Å². The highest BCUT2D eigenvalue weighted by molar-refractivity contribution is 5.78.